The second kappa shape index (κ2) is 8.03. The molecular weight excluding hydrogens is 228 g/mol. The highest BCUT2D eigenvalue weighted by atomic mass is 16.6. The fourth-order valence-electron chi connectivity index (χ4n) is 0.940. The van der Waals surface area contributed by atoms with E-state index in [1.54, 1.807) is 13.8 Å². The zero-order chi connectivity index (χ0) is 13.4. The molecule has 0 fully saturated rings. The maximum absolute atomic E-state index is 11.2. The summed E-state index contributed by atoms with van der Waals surface area (Å²) in [6.07, 6.45) is -2.44. The first-order chi connectivity index (χ1) is 7.92. The highest BCUT2D eigenvalue weighted by Crippen LogP contribution is 2.01. The molecule has 0 amide bonds. The second-order valence-electron chi connectivity index (χ2n) is 3.73. The van der Waals surface area contributed by atoms with Crippen LogP contribution in [0.1, 0.15) is 33.6 Å². The van der Waals surface area contributed by atoms with Crippen LogP contribution in [-0.4, -0.2) is 47.1 Å². The molecule has 100 valence electrons. The summed E-state index contributed by atoms with van der Waals surface area (Å²) < 4.78 is 9.54. The highest BCUT2D eigenvalue weighted by molar-refractivity contribution is 5.75. The van der Waals surface area contributed by atoms with Gasteiger partial charge in [-0.3, -0.25) is 0 Å². The fraction of sp³-hybridized carbons (Fsp3) is 0.818. The van der Waals surface area contributed by atoms with Crippen molar-refractivity contribution < 1.29 is 29.3 Å². The van der Waals surface area contributed by atoms with Crippen LogP contribution in [0.15, 0.2) is 0 Å². The normalized spacial score (nSPS) is 15.8. The van der Waals surface area contributed by atoms with Crippen LogP contribution in [0.4, 0.5) is 0 Å². The summed E-state index contributed by atoms with van der Waals surface area (Å²) in [7, 11) is 0. The summed E-state index contributed by atoms with van der Waals surface area (Å²) in [5.41, 5.74) is 0. The molecule has 0 saturated heterocycles. The van der Waals surface area contributed by atoms with Crippen LogP contribution in [0, 0.1) is 0 Å². The van der Waals surface area contributed by atoms with Crippen molar-refractivity contribution in [2.24, 2.45) is 0 Å². The SMILES string of the molecule is CCC(O)C(=O)OCC(C)OC(=O)C(O)CC. The summed E-state index contributed by atoms with van der Waals surface area (Å²) >= 11 is 0. The minimum Gasteiger partial charge on any atom is -0.460 e. The maximum Gasteiger partial charge on any atom is 0.335 e. The number of carbonyl (C=O) groups excluding carboxylic acids is 2. The zero-order valence-corrected chi connectivity index (χ0v) is 10.4. The number of aliphatic hydroxyl groups excluding tert-OH is 2. The molecular formula is C11H20O6. The van der Waals surface area contributed by atoms with Crippen molar-refractivity contribution in [3.8, 4) is 0 Å². The molecule has 2 N–H and O–H groups in total. The molecule has 3 unspecified atom stereocenters. The molecule has 0 aliphatic heterocycles. The van der Waals surface area contributed by atoms with E-state index in [2.05, 4.69) is 0 Å². The van der Waals surface area contributed by atoms with Crippen molar-refractivity contribution in [3.63, 3.8) is 0 Å². The van der Waals surface area contributed by atoms with Crippen LogP contribution in [-0.2, 0) is 19.1 Å². The molecule has 6 nitrogen and oxygen atoms in total. The molecule has 6 heteroatoms. The molecule has 0 aromatic heterocycles. The number of carbonyl (C=O) groups is 2. The van der Waals surface area contributed by atoms with Gasteiger partial charge in [0.05, 0.1) is 0 Å². The van der Waals surface area contributed by atoms with Crippen LogP contribution in [0.2, 0.25) is 0 Å². The highest BCUT2D eigenvalue weighted by Gasteiger charge is 2.20. The van der Waals surface area contributed by atoms with Gasteiger partial charge in [-0.15, -0.1) is 0 Å². The van der Waals surface area contributed by atoms with E-state index in [0.717, 1.165) is 0 Å². The van der Waals surface area contributed by atoms with E-state index in [1.165, 1.54) is 6.92 Å². The predicted molar refractivity (Wildman–Crippen MR) is 59.1 cm³/mol. The lowest BCUT2D eigenvalue weighted by Gasteiger charge is -2.16. The number of hydrogen-bond acceptors (Lipinski definition) is 6. The molecule has 0 radical (unpaired) electrons. The molecule has 0 bridgehead atoms. The Balaban J connectivity index is 3.91. The Hall–Kier alpha value is -1.14. The van der Waals surface area contributed by atoms with Gasteiger partial charge in [-0.25, -0.2) is 9.59 Å². The van der Waals surface area contributed by atoms with Crippen molar-refractivity contribution in [1.29, 1.82) is 0 Å². The van der Waals surface area contributed by atoms with Gasteiger partial charge in [-0.1, -0.05) is 13.8 Å². The summed E-state index contributed by atoms with van der Waals surface area (Å²) in [6, 6.07) is 0. The minimum atomic E-state index is -1.16. The van der Waals surface area contributed by atoms with Crippen molar-refractivity contribution >= 4 is 11.9 Å². The summed E-state index contributed by atoms with van der Waals surface area (Å²) in [5, 5.41) is 18.3. The smallest absolute Gasteiger partial charge is 0.335 e. The van der Waals surface area contributed by atoms with Crippen LogP contribution in [0.5, 0.6) is 0 Å². The number of ether oxygens (including phenoxy) is 2. The zero-order valence-electron chi connectivity index (χ0n) is 10.4. The molecule has 3 atom stereocenters. The number of aliphatic hydroxyl groups is 2. The van der Waals surface area contributed by atoms with Crippen molar-refractivity contribution in [2.45, 2.75) is 51.9 Å². The Morgan fingerprint density at radius 3 is 2.00 bits per heavy atom. The predicted octanol–water partition coefficient (Wildman–Crippen LogP) is 0.00310. The van der Waals surface area contributed by atoms with Gasteiger partial charge >= 0.3 is 11.9 Å². The molecule has 0 aromatic carbocycles. The van der Waals surface area contributed by atoms with E-state index >= 15 is 0 Å². The molecule has 0 spiro atoms. The van der Waals surface area contributed by atoms with E-state index in [9.17, 15) is 9.59 Å². The fourth-order valence-corrected chi connectivity index (χ4v) is 0.940. The topological polar surface area (TPSA) is 93.1 Å². The molecule has 0 saturated carbocycles. The summed E-state index contributed by atoms with van der Waals surface area (Å²) in [6.45, 7) is 4.69. The average molecular weight is 248 g/mol. The average Bonchev–Trinajstić information content (AvgIpc) is 2.33. The molecule has 0 aliphatic carbocycles. The van der Waals surface area contributed by atoms with Crippen LogP contribution >= 0.6 is 0 Å². The van der Waals surface area contributed by atoms with Gasteiger partial charge in [0.1, 0.15) is 12.7 Å². The van der Waals surface area contributed by atoms with Crippen LogP contribution in [0.25, 0.3) is 0 Å². The van der Waals surface area contributed by atoms with E-state index in [0.29, 0.717) is 0 Å². The largest absolute Gasteiger partial charge is 0.460 e. The summed E-state index contributed by atoms with van der Waals surface area (Å²) in [5.74, 6) is -1.49. The number of esters is 2. The lowest BCUT2D eigenvalue weighted by Crippen LogP contribution is -2.31. The lowest BCUT2D eigenvalue weighted by atomic mass is 10.3. The van der Waals surface area contributed by atoms with Gasteiger partial charge in [-0.2, -0.15) is 0 Å². The van der Waals surface area contributed by atoms with Gasteiger partial charge in [-0.05, 0) is 19.8 Å². The quantitative estimate of drug-likeness (QED) is 0.616. The Bertz CT molecular complexity index is 252. The Labute approximate surface area is 101 Å². The van der Waals surface area contributed by atoms with Crippen LogP contribution in [0.3, 0.4) is 0 Å². The standard InChI is InChI=1S/C11H20O6/c1-4-8(12)10(14)16-6-7(3)17-11(15)9(13)5-2/h7-9,12-13H,4-6H2,1-3H3. The Morgan fingerprint density at radius 2 is 1.53 bits per heavy atom. The number of rotatable bonds is 7. The van der Waals surface area contributed by atoms with Crippen molar-refractivity contribution in [2.75, 3.05) is 6.61 Å². The first kappa shape index (κ1) is 15.9. The third-order valence-corrected chi connectivity index (χ3v) is 2.10. The van der Waals surface area contributed by atoms with Gasteiger partial charge in [0, 0.05) is 0 Å². The van der Waals surface area contributed by atoms with Crippen molar-refractivity contribution in [3.05, 3.63) is 0 Å². The minimum absolute atomic E-state index is 0.141. The van der Waals surface area contributed by atoms with Crippen molar-refractivity contribution in [1.82, 2.24) is 0 Å². The Morgan fingerprint density at radius 1 is 1.06 bits per heavy atom. The molecule has 0 heterocycles. The maximum atomic E-state index is 11.2. The van der Waals surface area contributed by atoms with E-state index in [4.69, 9.17) is 19.7 Å². The molecule has 0 aromatic rings. The van der Waals surface area contributed by atoms with E-state index in [-0.39, 0.29) is 19.4 Å². The van der Waals surface area contributed by atoms with Gasteiger partial charge in [0.25, 0.3) is 0 Å². The first-order valence-corrected chi connectivity index (χ1v) is 5.65. The molecule has 0 aliphatic rings. The molecule has 17 heavy (non-hydrogen) atoms. The van der Waals surface area contributed by atoms with Gasteiger partial charge in [0.15, 0.2) is 12.2 Å². The van der Waals surface area contributed by atoms with Gasteiger partial charge < -0.3 is 19.7 Å². The summed E-state index contributed by atoms with van der Waals surface area (Å²) in [4.78, 5) is 22.2. The molecule has 0 rings (SSSR count). The lowest BCUT2D eigenvalue weighted by molar-refractivity contribution is -0.168. The monoisotopic (exact) mass is 248 g/mol. The number of hydrogen-bond donors (Lipinski definition) is 2. The first-order valence-electron chi connectivity index (χ1n) is 5.65. The van der Waals surface area contributed by atoms with E-state index in [1.807, 2.05) is 0 Å². The third-order valence-electron chi connectivity index (χ3n) is 2.10. The Kier molecular flexibility index (Phi) is 7.49. The third kappa shape index (κ3) is 6.23. The van der Waals surface area contributed by atoms with Gasteiger partial charge in [0.2, 0.25) is 0 Å². The van der Waals surface area contributed by atoms with E-state index < -0.39 is 30.3 Å². The second-order valence-corrected chi connectivity index (χ2v) is 3.73. The van der Waals surface area contributed by atoms with Crippen LogP contribution < -0.4 is 0 Å².